The number of hydrogen-bond acceptors (Lipinski definition) is 5. The summed E-state index contributed by atoms with van der Waals surface area (Å²) >= 11 is 0. The van der Waals surface area contributed by atoms with Crippen molar-refractivity contribution in [3.05, 3.63) is 35.8 Å². The molecule has 1 aliphatic heterocycles. The molecule has 0 unspecified atom stereocenters. The number of oxazole rings is 1. The smallest absolute Gasteiger partial charge is 0.232 e. The van der Waals surface area contributed by atoms with E-state index in [0.717, 1.165) is 19.4 Å². The van der Waals surface area contributed by atoms with Crippen LogP contribution in [0.25, 0.3) is 11.5 Å². The van der Waals surface area contributed by atoms with Gasteiger partial charge in [0.25, 0.3) is 0 Å². The van der Waals surface area contributed by atoms with E-state index in [1.807, 2.05) is 6.07 Å². The Morgan fingerprint density at radius 2 is 2.19 bits per heavy atom. The van der Waals surface area contributed by atoms with Crippen LogP contribution >= 0.6 is 0 Å². The molecule has 0 bridgehead atoms. The average Bonchev–Trinajstić information content (AvgIpc) is 3.15. The van der Waals surface area contributed by atoms with E-state index in [1.165, 1.54) is 12.1 Å². The fraction of sp³-hybridized carbons (Fsp3) is 0.333. The van der Waals surface area contributed by atoms with Crippen molar-refractivity contribution in [2.45, 2.75) is 18.9 Å². The highest BCUT2D eigenvalue weighted by Gasteiger charge is 2.19. The molecule has 6 heteroatoms. The minimum Gasteiger partial charge on any atom is -0.419 e. The van der Waals surface area contributed by atoms with Crippen molar-refractivity contribution in [3.63, 3.8) is 0 Å². The normalized spacial score (nSPS) is 17.6. The number of aromatic nitrogens is 1. The van der Waals surface area contributed by atoms with Gasteiger partial charge in [0, 0.05) is 18.7 Å². The SMILES string of the molecule is N#Cc1nc(-c2ccc(F)cc2)oc1NC[C@@H]1CCCO1. The Balaban J connectivity index is 1.77. The van der Waals surface area contributed by atoms with Crippen LogP contribution in [-0.2, 0) is 4.74 Å². The Kier molecular flexibility index (Phi) is 3.84. The standard InChI is InChI=1S/C15H14FN3O2/c16-11-5-3-10(4-6-11)14-19-13(8-17)15(21-14)18-9-12-2-1-7-20-12/h3-6,12,18H,1-2,7,9H2/t12-/m0/s1. The number of benzene rings is 1. The summed E-state index contributed by atoms with van der Waals surface area (Å²) in [6.07, 6.45) is 2.18. The van der Waals surface area contributed by atoms with Gasteiger partial charge >= 0.3 is 0 Å². The minimum atomic E-state index is -0.331. The van der Waals surface area contributed by atoms with Crippen molar-refractivity contribution in [1.29, 1.82) is 5.26 Å². The molecule has 1 atom stereocenters. The van der Waals surface area contributed by atoms with Crippen molar-refractivity contribution in [2.75, 3.05) is 18.5 Å². The maximum Gasteiger partial charge on any atom is 0.232 e. The maximum absolute atomic E-state index is 12.9. The van der Waals surface area contributed by atoms with Gasteiger partial charge in [-0.25, -0.2) is 4.39 Å². The second-order valence-electron chi connectivity index (χ2n) is 4.83. The van der Waals surface area contributed by atoms with Crippen molar-refractivity contribution >= 4 is 5.88 Å². The molecular formula is C15H14FN3O2. The first-order valence-corrected chi connectivity index (χ1v) is 6.78. The largest absolute Gasteiger partial charge is 0.419 e. The van der Waals surface area contributed by atoms with E-state index in [9.17, 15) is 4.39 Å². The van der Waals surface area contributed by atoms with Crippen LogP contribution in [0.4, 0.5) is 10.3 Å². The molecule has 1 aromatic heterocycles. The van der Waals surface area contributed by atoms with Gasteiger partial charge in [0.05, 0.1) is 6.10 Å². The van der Waals surface area contributed by atoms with Crippen LogP contribution in [0.1, 0.15) is 18.5 Å². The molecule has 21 heavy (non-hydrogen) atoms. The first-order valence-electron chi connectivity index (χ1n) is 6.78. The molecule has 0 radical (unpaired) electrons. The molecule has 1 fully saturated rings. The fourth-order valence-corrected chi connectivity index (χ4v) is 2.24. The van der Waals surface area contributed by atoms with Gasteiger partial charge in [-0.2, -0.15) is 10.2 Å². The minimum absolute atomic E-state index is 0.135. The summed E-state index contributed by atoms with van der Waals surface area (Å²) in [4.78, 5) is 4.12. The Hall–Kier alpha value is -2.39. The lowest BCUT2D eigenvalue weighted by Crippen LogP contribution is -2.18. The molecule has 1 N–H and O–H groups in total. The van der Waals surface area contributed by atoms with Crippen LogP contribution in [0, 0.1) is 17.1 Å². The van der Waals surface area contributed by atoms with E-state index in [1.54, 1.807) is 12.1 Å². The summed E-state index contributed by atoms with van der Waals surface area (Å²) in [5.41, 5.74) is 0.811. The number of anilines is 1. The summed E-state index contributed by atoms with van der Waals surface area (Å²) in [6.45, 7) is 1.35. The molecular weight excluding hydrogens is 273 g/mol. The van der Waals surface area contributed by atoms with Gasteiger partial charge in [0.1, 0.15) is 11.9 Å². The zero-order valence-corrected chi connectivity index (χ0v) is 11.3. The van der Waals surface area contributed by atoms with Crippen LogP contribution in [0.2, 0.25) is 0 Å². The Labute approximate surface area is 121 Å². The monoisotopic (exact) mass is 287 g/mol. The molecule has 1 aliphatic rings. The lowest BCUT2D eigenvalue weighted by Gasteiger charge is -2.09. The average molecular weight is 287 g/mol. The molecule has 108 valence electrons. The predicted molar refractivity (Wildman–Crippen MR) is 74.1 cm³/mol. The molecule has 2 heterocycles. The van der Waals surface area contributed by atoms with E-state index in [4.69, 9.17) is 14.4 Å². The third-order valence-electron chi connectivity index (χ3n) is 3.34. The van der Waals surface area contributed by atoms with E-state index in [2.05, 4.69) is 10.3 Å². The first-order chi connectivity index (χ1) is 10.3. The highest BCUT2D eigenvalue weighted by atomic mass is 19.1. The van der Waals surface area contributed by atoms with Gasteiger partial charge in [0.2, 0.25) is 17.5 Å². The Bertz CT molecular complexity index is 655. The molecule has 5 nitrogen and oxygen atoms in total. The lowest BCUT2D eigenvalue weighted by atomic mass is 10.2. The van der Waals surface area contributed by atoms with Gasteiger partial charge in [-0.05, 0) is 37.1 Å². The van der Waals surface area contributed by atoms with Crippen molar-refractivity contribution in [3.8, 4) is 17.5 Å². The summed E-state index contributed by atoms with van der Waals surface area (Å²) in [5, 5.41) is 12.2. The number of nitrogens with one attached hydrogen (secondary N) is 1. The molecule has 0 spiro atoms. The van der Waals surface area contributed by atoms with E-state index < -0.39 is 0 Å². The third kappa shape index (κ3) is 3.03. The zero-order chi connectivity index (χ0) is 14.7. The summed E-state index contributed by atoms with van der Waals surface area (Å²) in [7, 11) is 0. The van der Waals surface area contributed by atoms with Crippen LogP contribution in [0.15, 0.2) is 28.7 Å². The van der Waals surface area contributed by atoms with Gasteiger partial charge < -0.3 is 14.5 Å². The molecule has 0 saturated carbocycles. The van der Waals surface area contributed by atoms with Crippen LogP contribution in [0.3, 0.4) is 0 Å². The van der Waals surface area contributed by atoms with E-state index in [0.29, 0.717) is 23.9 Å². The molecule has 3 rings (SSSR count). The van der Waals surface area contributed by atoms with Crippen molar-refractivity contribution < 1.29 is 13.5 Å². The van der Waals surface area contributed by atoms with Gasteiger partial charge in [-0.15, -0.1) is 0 Å². The maximum atomic E-state index is 12.9. The van der Waals surface area contributed by atoms with Gasteiger partial charge in [-0.3, -0.25) is 0 Å². The summed E-state index contributed by atoms with van der Waals surface area (Å²) in [5.74, 6) is 0.288. The number of ether oxygens (including phenoxy) is 1. The summed E-state index contributed by atoms with van der Waals surface area (Å²) in [6, 6.07) is 7.76. The fourth-order valence-electron chi connectivity index (χ4n) is 2.24. The second kappa shape index (κ2) is 5.94. The predicted octanol–water partition coefficient (Wildman–Crippen LogP) is 2.94. The van der Waals surface area contributed by atoms with Crippen molar-refractivity contribution in [2.24, 2.45) is 0 Å². The summed E-state index contributed by atoms with van der Waals surface area (Å²) < 4.78 is 24.0. The highest BCUT2D eigenvalue weighted by Crippen LogP contribution is 2.26. The number of hydrogen-bond donors (Lipinski definition) is 1. The Morgan fingerprint density at radius 1 is 1.38 bits per heavy atom. The number of rotatable bonds is 4. The number of nitriles is 1. The molecule has 1 aromatic carbocycles. The van der Waals surface area contributed by atoms with Crippen LogP contribution in [-0.4, -0.2) is 24.2 Å². The quantitative estimate of drug-likeness (QED) is 0.936. The van der Waals surface area contributed by atoms with Gasteiger partial charge in [0.15, 0.2) is 0 Å². The number of nitrogens with zero attached hydrogens (tertiary/aromatic N) is 2. The first kappa shape index (κ1) is 13.6. The molecule has 0 aliphatic carbocycles. The van der Waals surface area contributed by atoms with Crippen LogP contribution in [0.5, 0.6) is 0 Å². The highest BCUT2D eigenvalue weighted by molar-refractivity contribution is 5.58. The van der Waals surface area contributed by atoms with Crippen molar-refractivity contribution in [1.82, 2.24) is 4.98 Å². The topological polar surface area (TPSA) is 71.1 Å². The number of halogens is 1. The van der Waals surface area contributed by atoms with E-state index in [-0.39, 0.29) is 17.6 Å². The second-order valence-corrected chi connectivity index (χ2v) is 4.83. The Morgan fingerprint density at radius 3 is 2.86 bits per heavy atom. The molecule has 0 amide bonds. The van der Waals surface area contributed by atoms with Gasteiger partial charge in [-0.1, -0.05) is 0 Å². The molecule has 2 aromatic rings. The lowest BCUT2D eigenvalue weighted by molar-refractivity contribution is 0.120. The zero-order valence-electron chi connectivity index (χ0n) is 11.3. The third-order valence-corrected chi connectivity index (χ3v) is 3.34. The molecule has 1 saturated heterocycles. The van der Waals surface area contributed by atoms with Crippen LogP contribution < -0.4 is 5.32 Å². The van der Waals surface area contributed by atoms with E-state index >= 15 is 0 Å².